The van der Waals surface area contributed by atoms with Gasteiger partial charge in [0.1, 0.15) is 16.5 Å². The highest BCUT2D eigenvalue weighted by Gasteiger charge is 2.18. The van der Waals surface area contributed by atoms with Gasteiger partial charge in [0.05, 0.1) is 24.1 Å². The van der Waals surface area contributed by atoms with Crippen molar-refractivity contribution in [2.75, 3.05) is 19.0 Å². The lowest BCUT2D eigenvalue weighted by atomic mass is 10.2. The van der Waals surface area contributed by atoms with E-state index in [1.807, 2.05) is 26.8 Å². The molecule has 0 bridgehead atoms. The van der Waals surface area contributed by atoms with E-state index in [1.165, 1.54) is 18.9 Å². The van der Waals surface area contributed by atoms with E-state index in [0.717, 1.165) is 22.6 Å². The summed E-state index contributed by atoms with van der Waals surface area (Å²) in [6.45, 7) is 5.17. The number of nitrogens with zero attached hydrogens (tertiary/aromatic N) is 2. The maximum Gasteiger partial charge on any atom is 0.341 e. The normalized spacial score (nSPS) is 10.6. The SMILES string of the molecule is COc1ccc(C)cc1NC(=O)COC(=O)c1cccnc1SCc1c(C)noc1C. The van der Waals surface area contributed by atoms with Crippen LogP contribution in [0.5, 0.6) is 5.75 Å². The number of carbonyl (C=O) groups is 2. The van der Waals surface area contributed by atoms with Gasteiger partial charge in [-0.3, -0.25) is 4.79 Å². The maximum absolute atomic E-state index is 12.6. The Balaban J connectivity index is 1.62. The largest absolute Gasteiger partial charge is 0.495 e. The molecule has 0 atom stereocenters. The number of thioether (sulfide) groups is 1. The Hall–Kier alpha value is -3.33. The molecule has 0 unspecified atom stereocenters. The number of aryl methyl sites for hydroxylation is 3. The minimum Gasteiger partial charge on any atom is -0.495 e. The Morgan fingerprint density at radius 2 is 2.00 bits per heavy atom. The van der Waals surface area contributed by atoms with Crippen LogP contribution in [-0.2, 0) is 15.3 Å². The van der Waals surface area contributed by atoms with Crippen LogP contribution in [0.25, 0.3) is 0 Å². The number of esters is 1. The highest BCUT2D eigenvalue weighted by molar-refractivity contribution is 7.98. The summed E-state index contributed by atoms with van der Waals surface area (Å²) in [6, 6.07) is 8.68. The van der Waals surface area contributed by atoms with Crippen LogP contribution in [0.2, 0.25) is 0 Å². The van der Waals surface area contributed by atoms with Crippen molar-refractivity contribution in [1.82, 2.24) is 10.1 Å². The predicted octanol–water partition coefficient (Wildman–Crippen LogP) is 4.09. The van der Waals surface area contributed by atoms with E-state index >= 15 is 0 Å². The van der Waals surface area contributed by atoms with E-state index in [0.29, 0.717) is 27.8 Å². The fourth-order valence-electron chi connectivity index (χ4n) is 2.82. The molecule has 31 heavy (non-hydrogen) atoms. The van der Waals surface area contributed by atoms with Crippen molar-refractivity contribution >= 4 is 29.3 Å². The third-order valence-corrected chi connectivity index (χ3v) is 5.52. The van der Waals surface area contributed by atoms with Crippen LogP contribution in [0, 0.1) is 20.8 Å². The number of hydrogen-bond acceptors (Lipinski definition) is 8. The second-order valence-electron chi connectivity index (χ2n) is 6.78. The van der Waals surface area contributed by atoms with Gasteiger partial charge in [0.25, 0.3) is 5.91 Å². The summed E-state index contributed by atoms with van der Waals surface area (Å²) in [7, 11) is 1.52. The highest BCUT2D eigenvalue weighted by atomic mass is 32.2. The summed E-state index contributed by atoms with van der Waals surface area (Å²) in [6.07, 6.45) is 1.60. The second kappa shape index (κ2) is 10.1. The third-order valence-electron chi connectivity index (χ3n) is 4.49. The average molecular weight is 442 g/mol. The van der Waals surface area contributed by atoms with Crippen molar-refractivity contribution in [2.45, 2.75) is 31.6 Å². The van der Waals surface area contributed by atoms with Crippen LogP contribution < -0.4 is 10.1 Å². The topological polar surface area (TPSA) is 104 Å². The van der Waals surface area contributed by atoms with Crippen LogP contribution >= 0.6 is 11.8 Å². The van der Waals surface area contributed by atoms with Gasteiger partial charge in [-0.05, 0) is 50.6 Å². The second-order valence-corrected chi connectivity index (χ2v) is 7.74. The smallest absolute Gasteiger partial charge is 0.341 e. The average Bonchev–Trinajstić information content (AvgIpc) is 3.08. The fourth-order valence-corrected chi connectivity index (χ4v) is 3.96. The van der Waals surface area contributed by atoms with E-state index in [1.54, 1.807) is 30.5 Å². The summed E-state index contributed by atoms with van der Waals surface area (Å²) in [5, 5.41) is 7.14. The van der Waals surface area contributed by atoms with Gasteiger partial charge in [-0.2, -0.15) is 0 Å². The van der Waals surface area contributed by atoms with Gasteiger partial charge in [-0.1, -0.05) is 11.2 Å². The van der Waals surface area contributed by atoms with Gasteiger partial charge in [-0.15, -0.1) is 11.8 Å². The highest BCUT2D eigenvalue weighted by Crippen LogP contribution is 2.28. The molecule has 3 rings (SSSR count). The van der Waals surface area contributed by atoms with E-state index in [2.05, 4.69) is 15.5 Å². The van der Waals surface area contributed by atoms with Crippen LogP contribution in [0.3, 0.4) is 0 Å². The molecule has 0 radical (unpaired) electrons. The number of hydrogen-bond donors (Lipinski definition) is 1. The molecule has 1 N–H and O–H groups in total. The van der Waals surface area contributed by atoms with Gasteiger partial charge < -0.3 is 19.3 Å². The van der Waals surface area contributed by atoms with Crippen molar-refractivity contribution in [3.05, 3.63) is 64.7 Å². The van der Waals surface area contributed by atoms with Gasteiger partial charge in [0.2, 0.25) is 0 Å². The number of methoxy groups -OCH3 is 1. The van der Waals surface area contributed by atoms with Crippen molar-refractivity contribution in [3.63, 3.8) is 0 Å². The number of aromatic nitrogens is 2. The first-order valence-electron chi connectivity index (χ1n) is 9.50. The maximum atomic E-state index is 12.6. The monoisotopic (exact) mass is 441 g/mol. The van der Waals surface area contributed by atoms with Crippen molar-refractivity contribution < 1.29 is 23.6 Å². The quantitative estimate of drug-likeness (QED) is 0.412. The number of ether oxygens (including phenoxy) is 2. The van der Waals surface area contributed by atoms with Crippen LogP contribution in [0.15, 0.2) is 46.1 Å². The molecule has 0 saturated carbocycles. The minimum absolute atomic E-state index is 0.292. The Labute approximate surface area is 184 Å². The Kier molecular flexibility index (Phi) is 7.30. The molecule has 0 aliphatic carbocycles. The number of nitrogens with one attached hydrogen (secondary N) is 1. The van der Waals surface area contributed by atoms with Gasteiger partial charge in [0, 0.05) is 17.5 Å². The molecule has 1 aromatic carbocycles. The zero-order chi connectivity index (χ0) is 22.4. The molecule has 162 valence electrons. The molecule has 3 aromatic rings. The lowest BCUT2D eigenvalue weighted by Crippen LogP contribution is -2.21. The van der Waals surface area contributed by atoms with Gasteiger partial charge in [0.15, 0.2) is 6.61 Å². The Bertz CT molecular complexity index is 1080. The predicted molar refractivity (Wildman–Crippen MR) is 116 cm³/mol. The summed E-state index contributed by atoms with van der Waals surface area (Å²) in [4.78, 5) is 29.2. The molecule has 0 spiro atoms. The molecule has 2 aromatic heterocycles. The molecule has 9 heteroatoms. The van der Waals surface area contributed by atoms with Crippen molar-refractivity contribution in [3.8, 4) is 5.75 Å². The molecular weight excluding hydrogens is 418 g/mol. The van der Waals surface area contributed by atoms with Crippen LogP contribution in [0.4, 0.5) is 5.69 Å². The lowest BCUT2D eigenvalue weighted by molar-refractivity contribution is -0.119. The standard InChI is InChI=1S/C22H23N3O5S/c1-13-7-8-19(28-4)18(10-13)24-20(26)11-29-22(27)16-6-5-9-23-21(16)31-12-17-14(2)25-30-15(17)3/h5-10H,11-12H2,1-4H3,(H,24,26). The number of anilines is 1. The first kappa shape index (κ1) is 22.4. The number of benzene rings is 1. The Morgan fingerprint density at radius 1 is 1.19 bits per heavy atom. The summed E-state index contributed by atoms with van der Waals surface area (Å²) in [5.74, 6) is 0.710. The minimum atomic E-state index is -0.624. The molecule has 2 heterocycles. The number of pyridine rings is 1. The lowest BCUT2D eigenvalue weighted by Gasteiger charge is -2.12. The van der Waals surface area contributed by atoms with Gasteiger partial charge >= 0.3 is 5.97 Å². The first-order valence-corrected chi connectivity index (χ1v) is 10.5. The van der Waals surface area contributed by atoms with Crippen LogP contribution in [-0.4, -0.2) is 35.7 Å². The van der Waals surface area contributed by atoms with Crippen LogP contribution in [0.1, 0.15) is 32.9 Å². The Morgan fingerprint density at radius 3 is 2.71 bits per heavy atom. The van der Waals surface area contributed by atoms with E-state index < -0.39 is 18.5 Å². The van der Waals surface area contributed by atoms with Gasteiger partial charge in [-0.25, -0.2) is 9.78 Å². The summed E-state index contributed by atoms with van der Waals surface area (Å²) < 4.78 is 15.6. The number of rotatable bonds is 8. The fraction of sp³-hybridized carbons (Fsp3) is 0.273. The number of carbonyl (C=O) groups excluding carboxylic acids is 2. The molecule has 0 fully saturated rings. The molecule has 8 nitrogen and oxygen atoms in total. The van der Waals surface area contributed by atoms with E-state index in [4.69, 9.17) is 14.0 Å². The molecule has 0 saturated heterocycles. The molecular formula is C22H23N3O5S. The molecule has 0 aliphatic rings. The first-order chi connectivity index (χ1) is 14.9. The van der Waals surface area contributed by atoms with Crippen molar-refractivity contribution in [2.24, 2.45) is 0 Å². The zero-order valence-electron chi connectivity index (χ0n) is 17.7. The van der Waals surface area contributed by atoms with Crippen molar-refractivity contribution in [1.29, 1.82) is 0 Å². The molecule has 0 aliphatic heterocycles. The summed E-state index contributed by atoms with van der Waals surface area (Å²) >= 11 is 1.38. The van der Waals surface area contributed by atoms with E-state index in [-0.39, 0.29) is 0 Å². The van der Waals surface area contributed by atoms with E-state index in [9.17, 15) is 9.59 Å². The number of amides is 1. The molecule has 1 amide bonds. The third kappa shape index (κ3) is 5.64. The summed E-state index contributed by atoms with van der Waals surface area (Å²) in [5.41, 5.74) is 3.53. The zero-order valence-corrected chi connectivity index (χ0v) is 18.5.